The maximum absolute atomic E-state index is 11.9. The molecular formula is C21H16ClN5O2Se. The number of carbonyl (C=O) groups is 2. The van der Waals surface area contributed by atoms with E-state index in [1.165, 1.54) is 12.4 Å². The Hall–Kier alpha value is -3.19. The Morgan fingerprint density at radius 3 is 2.53 bits per heavy atom. The van der Waals surface area contributed by atoms with Crippen molar-refractivity contribution in [3.63, 3.8) is 0 Å². The number of aromatic nitrogens is 3. The Labute approximate surface area is 183 Å². The number of primary amides is 1. The van der Waals surface area contributed by atoms with E-state index < -0.39 is 5.91 Å². The van der Waals surface area contributed by atoms with Crippen molar-refractivity contribution in [1.29, 1.82) is 0 Å². The van der Waals surface area contributed by atoms with Gasteiger partial charge in [-0.2, -0.15) is 0 Å². The van der Waals surface area contributed by atoms with Crippen molar-refractivity contribution in [3.05, 3.63) is 77.1 Å². The molecule has 0 saturated heterocycles. The van der Waals surface area contributed by atoms with E-state index in [0.29, 0.717) is 22.1 Å². The van der Waals surface area contributed by atoms with Gasteiger partial charge in [-0.3, -0.25) is 0 Å². The predicted molar refractivity (Wildman–Crippen MR) is 117 cm³/mol. The first-order valence-corrected chi connectivity index (χ1v) is 11.0. The standard InChI is InChI=1S/C21H16ClN5O2Se/c1-24-20(29)13-10-25-21(26-11-13)27-16-5-3-2-4-12(16)8-18(27)30-17-7-6-14(22)9-15(17)19(23)28/h2-11H,1H3,(H2,23,28)(H,24,29). The number of nitrogens with zero attached hydrogens (tertiary/aromatic N) is 3. The van der Waals surface area contributed by atoms with E-state index in [1.807, 2.05) is 41.0 Å². The summed E-state index contributed by atoms with van der Waals surface area (Å²) in [5.74, 6) is -0.339. The third-order valence-corrected chi connectivity index (χ3v) is 6.94. The minimum absolute atomic E-state index is 0.254. The number of amides is 2. The zero-order chi connectivity index (χ0) is 21.3. The number of nitrogens with one attached hydrogen (secondary N) is 1. The normalized spacial score (nSPS) is 10.9. The van der Waals surface area contributed by atoms with Crippen LogP contribution in [0.2, 0.25) is 5.02 Å². The minimum atomic E-state index is -0.525. The third-order valence-electron chi connectivity index (χ3n) is 4.43. The van der Waals surface area contributed by atoms with Crippen molar-refractivity contribution in [2.24, 2.45) is 5.73 Å². The van der Waals surface area contributed by atoms with Crippen LogP contribution in [-0.2, 0) is 0 Å². The van der Waals surface area contributed by atoms with Gasteiger partial charge in [-0.1, -0.05) is 0 Å². The van der Waals surface area contributed by atoms with Crippen LogP contribution in [0.15, 0.2) is 60.9 Å². The fourth-order valence-corrected chi connectivity index (χ4v) is 5.46. The summed E-state index contributed by atoms with van der Waals surface area (Å²) in [7, 11) is 1.55. The molecular weight excluding hydrogens is 469 g/mol. The van der Waals surface area contributed by atoms with Gasteiger partial charge in [0.1, 0.15) is 0 Å². The van der Waals surface area contributed by atoms with Crippen molar-refractivity contribution >= 4 is 58.3 Å². The SMILES string of the molecule is CNC(=O)c1cnc(-n2c([Se]c3ccc(Cl)cc3C(N)=O)cc3ccccc32)nc1. The first-order chi connectivity index (χ1) is 14.5. The van der Waals surface area contributed by atoms with Crippen LogP contribution in [0.5, 0.6) is 0 Å². The molecule has 9 heteroatoms. The van der Waals surface area contributed by atoms with Crippen molar-refractivity contribution in [3.8, 4) is 5.95 Å². The van der Waals surface area contributed by atoms with Gasteiger partial charge in [0.05, 0.1) is 0 Å². The van der Waals surface area contributed by atoms with E-state index in [4.69, 9.17) is 17.3 Å². The first kappa shape index (κ1) is 20.1. The maximum atomic E-state index is 11.9. The molecule has 4 aromatic rings. The van der Waals surface area contributed by atoms with E-state index in [-0.39, 0.29) is 20.9 Å². The Kier molecular flexibility index (Phi) is 5.54. The average Bonchev–Trinajstić information content (AvgIpc) is 3.12. The Bertz CT molecular complexity index is 1270. The van der Waals surface area contributed by atoms with Gasteiger partial charge in [0.25, 0.3) is 0 Å². The molecule has 7 nitrogen and oxygen atoms in total. The monoisotopic (exact) mass is 485 g/mol. The van der Waals surface area contributed by atoms with Crippen molar-refractivity contribution in [2.75, 3.05) is 7.05 Å². The molecule has 2 aromatic carbocycles. The molecule has 0 spiro atoms. The number of rotatable bonds is 5. The van der Waals surface area contributed by atoms with Gasteiger partial charge >= 0.3 is 184 Å². The number of carbonyl (C=O) groups excluding carboxylic acids is 2. The zero-order valence-electron chi connectivity index (χ0n) is 15.8. The van der Waals surface area contributed by atoms with Gasteiger partial charge in [-0.05, 0) is 0 Å². The molecule has 2 aromatic heterocycles. The molecule has 0 saturated carbocycles. The molecule has 0 unspecified atom stereocenters. The van der Waals surface area contributed by atoms with Gasteiger partial charge in [-0.15, -0.1) is 0 Å². The van der Waals surface area contributed by atoms with Crippen molar-refractivity contribution in [1.82, 2.24) is 19.9 Å². The van der Waals surface area contributed by atoms with Crippen LogP contribution in [0, 0.1) is 0 Å². The second-order valence-corrected chi connectivity index (χ2v) is 9.00. The summed E-state index contributed by atoms with van der Waals surface area (Å²) in [6.45, 7) is 0. The summed E-state index contributed by atoms with van der Waals surface area (Å²) >= 11 is 5.77. The summed E-state index contributed by atoms with van der Waals surface area (Å²) in [5.41, 5.74) is 7.26. The van der Waals surface area contributed by atoms with E-state index >= 15 is 0 Å². The molecule has 0 radical (unpaired) electrons. The Morgan fingerprint density at radius 2 is 1.83 bits per heavy atom. The molecule has 4 rings (SSSR count). The van der Waals surface area contributed by atoms with Crippen LogP contribution in [0.4, 0.5) is 0 Å². The van der Waals surface area contributed by atoms with Crippen LogP contribution in [-0.4, -0.2) is 48.4 Å². The number of benzene rings is 2. The quantitative estimate of drug-likeness (QED) is 0.415. The second kappa shape index (κ2) is 8.28. The molecule has 2 heterocycles. The van der Waals surface area contributed by atoms with Crippen LogP contribution < -0.4 is 20.1 Å². The van der Waals surface area contributed by atoms with E-state index in [0.717, 1.165) is 20.0 Å². The number of fused-ring (bicyclic) bond motifs is 1. The van der Waals surface area contributed by atoms with Crippen molar-refractivity contribution < 1.29 is 9.59 Å². The van der Waals surface area contributed by atoms with E-state index in [9.17, 15) is 9.59 Å². The summed E-state index contributed by atoms with van der Waals surface area (Å²) in [4.78, 5) is 32.5. The molecule has 150 valence electrons. The van der Waals surface area contributed by atoms with Crippen molar-refractivity contribution in [2.45, 2.75) is 0 Å². The van der Waals surface area contributed by atoms with Gasteiger partial charge in [0.15, 0.2) is 0 Å². The molecule has 3 N–H and O–H groups in total. The second-order valence-electron chi connectivity index (χ2n) is 6.33. The van der Waals surface area contributed by atoms with Gasteiger partial charge in [-0.25, -0.2) is 0 Å². The zero-order valence-corrected chi connectivity index (χ0v) is 18.3. The molecule has 0 aliphatic rings. The molecule has 0 fully saturated rings. The van der Waals surface area contributed by atoms with Crippen LogP contribution in [0.25, 0.3) is 16.9 Å². The van der Waals surface area contributed by atoms with Crippen LogP contribution >= 0.6 is 11.6 Å². The van der Waals surface area contributed by atoms with Crippen LogP contribution in [0.1, 0.15) is 20.7 Å². The molecule has 2 amide bonds. The topological polar surface area (TPSA) is 103 Å². The Balaban J connectivity index is 1.84. The molecule has 0 atom stereocenters. The molecule has 0 aliphatic heterocycles. The van der Waals surface area contributed by atoms with Gasteiger partial charge < -0.3 is 0 Å². The molecule has 0 bridgehead atoms. The fraction of sp³-hybridized carbons (Fsp3) is 0.0476. The number of nitrogens with two attached hydrogens (primary N) is 1. The number of hydrogen-bond acceptors (Lipinski definition) is 4. The van der Waals surface area contributed by atoms with E-state index in [2.05, 4.69) is 15.3 Å². The average molecular weight is 485 g/mol. The van der Waals surface area contributed by atoms with Crippen LogP contribution in [0.3, 0.4) is 0 Å². The summed E-state index contributed by atoms with van der Waals surface area (Å²) in [6.07, 6.45) is 2.98. The summed E-state index contributed by atoms with van der Waals surface area (Å²) in [6, 6.07) is 15.1. The number of halogens is 1. The fourth-order valence-electron chi connectivity index (χ4n) is 3.01. The molecule has 0 aliphatic carbocycles. The van der Waals surface area contributed by atoms with E-state index in [1.54, 1.807) is 19.2 Å². The molecule has 30 heavy (non-hydrogen) atoms. The van der Waals surface area contributed by atoms with Gasteiger partial charge in [0, 0.05) is 0 Å². The predicted octanol–water partition coefficient (Wildman–Crippen LogP) is 1.19. The summed E-state index contributed by atoms with van der Waals surface area (Å²) in [5, 5.41) is 4.03. The number of para-hydroxylation sites is 1. The number of hydrogen-bond donors (Lipinski definition) is 2. The first-order valence-electron chi connectivity index (χ1n) is 8.90. The Morgan fingerprint density at radius 1 is 1.10 bits per heavy atom. The third kappa shape index (κ3) is 3.80. The summed E-state index contributed by atoms with van der Waals surface area (Å²) < 4.78 is 3.68. The van der Waals surface area contributed by atoms with Gasteiger partial charge in [0.2, 0.25) is 0 Å².